The number of amides is 1. The Hall–Kier alpha value is -1.83. The molecule has 0 bridgehead atoms. The maximum atomic E-state index is 11.0. The van der Waals surface area contributed by atoms with Crippen LogP contribution in [-0.2, 0) is 4.79 Å². The minimum Gasteiger partial charge on any atom is -0.359 e. The van der Waals surface area contributed by atoms with Crippen LogP contribution >= 0.6 is 0 Å². The highest BCUT2D eigenvalue weighted by molar-refractivity contribution is 5.75. The fourth-order valence-electron chi connectivity index (χ4n) is 1.87. The van der Waals surface area contributed by atoms with Crippen molar-refractivity contribution < 1.29 is 4.79 Å². The average Bonchev–Trinajstić information content (AvgIpc) is 2.57. The van der Waals surface area contributed by atoms with E-state index in [0.717, 1.165) is 44.9 Å². The highest BCUT2D eigenvalue weighted by atomic mass is 16.1. The van der Waals surface area contributed by atoms with Crippen LogP contribution in [0.5, 0.6) is 0 Å². The zero-order valence-corrected chi connectivity index (χ0v) is 14.8. The summed E-state index contributed by atoms with van der Waals surface area (Å²) in [7, 11) is 1.68. The Kier molecular flexibility index (Phi) is 16.8. The fourth-order valence-corrected chi connectivity index (χ4v) is 1.87. The van der Waals surface area contributed by atoms with Crippen molar-refractivity contribution in [2.24, 2.45) is 0 Å². The third-order valence-corrected chi connectivity index (χ3v) is 3.21. The van der Waals surface area contributed by atoms with E-state index in [4.69, 9.17) is 0 Å². The van der Waals surface area contributed by atoms with Gasteiger partial charge in [-0.15, -0.1) is 0 Å². The molecule has 0 aliphatic carbocycles. The number of hydrogen-bond acceptors (Lipinski definition) is 1. The van der Waals surface area contributed by atoms with Gasteiger partial charge in [0.1, 0.15) is 0 Å². The maximum absolute atomic E-state index is 11.0. The van der Waals surface area contributed by atoms with Crippen molar-refractivity contribution in [3.05, 3.63) is 60.8 Å². The number of rotatable bonds is 13. The van der Waals surface area contributed by atoms with Gasteiger partial charge in [0.05, 0.1) is 0 Å². The standard InChI is InChI=1S/C21H33NO/c1-3-4-5-6-7-8-9-10-11-12-13-14-15-16-17-18-19-20-21(23)22-2/h4-5,7-8,10-11,13-14,16-17H,3,6,9,12,15,18-20H2,1-2H3,(H,22,23). The first kappa shape index (κ1) is 21.2. The summed E-state index contributed by atoms with van der Waals surface area (Å²) in [6.45, 7) is 2.15. The molecule has 2 heteroatoms. The molecular weight excluding hydrogens is 282 g/mol. The molecule has 23 heavy (non-hydrogen) atoms. The van der Waals surface area contributed by atoms with Gasteiger partial charge < -0.3 is 5.32 Å². The Labute approximate surface area is 142 Å². The number of carbonyl (C=O) groups is 1. The summed E-state index contributed by atoms with van der Waals surface area (Å²) in [5.41, 5.74) is 0. The van der Waals surface area contributed by atoms with Gasteiger partial charge in [-0.1, -0.05) is 67.7 Å². The minimum atomic E-state index is 0.123. The first-order valence-corrected chi connectivity index (χ1v) is 8.76. The summed E-state index contributed by atoms with van der Waals surface area (Å²) < 4.78 is 0. The largest absolute Gasteiger partial charge is 0.359 e. The van der Waals surface area contributed by atoms with Crippen molar-refractivity contribution in [1.82, 2.24) is 5.32 Å². The number of hydrogen-bond donors (Lipinski definition) is 1. The van der Waals surface area contributed by atoms with Crippen LogP contribution in [0.1, 0.15) is 58.3 Å². The van der Waals surface area contributed by atoms with E-state index in [2.05, 4.69) is 73.0 Å². The van der Waals surface area contributed by atoms with Crippen LogP contribution in [-0.4, -0.2) is 13.0 Å². The van der Waals surface area contributed by atoms with E-state index in [1.165, 1.54) is 0 Å². The van der Waals surface area contributed by atoms with Gasteiger partial charge in [-0.2, -0.15) is 0 Å². The molecule has 128 valence electrons. The molecule has 0 radical (unpaired) electrons. The van der Waals surface area contributed by atoms with Gasteiger partial charge in [-0.25, -0.2) is 0 Å². The van der Waals surface area contributed by atoms with Gasteiger partial charge in [-0.3, -0.25) is 4.79 Å². The third-order valence-electron chi connectivity index (χ3n) is 3.21. The normalized spacial score (nSPS) is 12.6. The van der Waals surface area contributed by atoms with Crippen LogP contribution in [0, 0.1) is 0 Å². The summed E-state index contributed by atoms with van der Waals surface area (Å²) in [6.07, 6.45) is 29.6. The lowest BCUT2D eigenvalue weighted by molar-refractivity contribution is -0.120. The summed E-state index contributed by atoms with van der Waals surface area (Å²) in [5.74, 6) is 0.123. The lowest BCUT2D eigenvalue weighted by atomic mass is 10.2. The topological polar surface area (TPSA) is 29.1 Å². The molecule has 0 fully saturated rings. The van der Waals surface area contributed by atoms with Gasteiger partial charge in [0, 0.05) is 13.5 Å². The third kappa shape index (κ3) is 18.1. The van der Waals surface area contributed by atoms with Gasteiger partial charge >= 0.3 is 0 Å². The van der Waals surface area contributed by atoms with Crippen LogP contribution in [0.3, 0.4) is 0 Å². The smallest absolute Gasteiger partial charge is 0.219 e. The highest BCUT2D eigenvalue weighted by Crippen LogP contribution is 1.99. The molecule has 0 atom stereocenters. The molecule has 0 heterocycles. The minimum absolute atomic E-state index is 0.123. The van der Waals surface area contributed by atoms with E-state index in [1.54, 1.807) is 7.05 Å². The number of unbranched alkanes of at least 4 members (excludes halogenated alkanes) is 1. The van der Waals surface area contributed by atoms with E-state index in [-0.39, 0.29) is 5.91 Å². The van der Waals surface area contributed by atoms with Gasteiger partial charge in [0.15, 0.2) is 0 Å². The van der Waals surface area contributed by atoms with Crippen LogP contribution in [0.2, 0.25) is 0 Å². The highest BCUT2D eigenvalue weighted by Gasteiger charge is 1.94. The van der Waals surface area contributed by atoms with Crippen molar-refractivity contribution in [3.8, 4) is 0 Å². The second kappa shape index (κ2) is 18.2. The number of nitrogens with one attached hydrogen (secondary N) is 1. The monoisotopic (exact) mass is 315 g/mol. The SMILES string of the molecule is CCC=CCC=CCC=CCC=CCC=CCCCC(=O)NC. The summed E-state index contributed by atoms with van der Waals surface area (Å²) >= 11 is 0. The van der Waals surface area contributed by atoms with Crippen molar-refractivity contribution >= 4 is 5.91 Å². The second-order valence-corrected chi connectivity index (χ2v) is 5.27. The van der Waals surface area contributed by atoms with Crippen molar-refractivity contribution in [1.29, 1.82) is 0 Å². The average molecular weight is 316 g/mol. The Morgan fingerprint density at radius 3 is 1.61 bits per heavy atom. The molecular formula is C21H33NO. The Morgan fingerprint density at radius 1 is 0.739 bits per heavy atom. The molecule has 0 aliphatic heterocycles. The predicted molar refractivity (Wildman–Crippen MR) is 102 cm³/mol. The Balaban J connectivity index is 3.47. The molecule has 0 aromatic carbocycles. The van der Waals surface area contributed by atoms with Crippen LogP contribution in [0.15, 0.2) is 60.8 Å². The van der Waals surface area contributed by atoms with E-state index in [1.807, 2.05) is 0 Å². The van der Waals surface area contributed by atoms with Gasteiger partial charge in [0.25, 0.3) is 0 Å². The zero-order valence-electron chi connectivity index (χ0n) is 14.8. The lowest BCUT2D eigenvalue weighted by Crippen LogP contribution is -2.16. The number of carbonyl (C=O) groups excluding carboxylic acids is 1. The van der Waals surface area contributed by atoms with Crippen molar-refractivity contribution in [2.75, 3.05) is 7.05 Å². The second-order valence-electron chi connectivity index (χ2n) is 5.27. The molecule has 0 rings (SSSR count). The van der Waals surface area contributed by atoms with Crippen molar-refractivity contribution in [3.63, 3.8) is 0 Å². The first-order valence-electron chi connectivity index (χ1n) is 8.76. The van der Waals surface area contributed by atoms with Gasteiger partial charge in [0.2, 0.25) is 5.91 Å². The Bertz CT molecular complexity index is 414. The quantitative estimate of drug-likeness (QED) is 0.345. The van der Waals surface area contributed by atoms with Crippen LogP contribution in [0.4, 0.5) is 0 Å². The first-order chi connectivity index (χ1) is 11.3. The van der Waals surface area contributed by atoms with Crippen LogP contribution < -0.4 is 5.32 Å². The molecule has 0 spiro atoms. The molecule has 0 aromatic heterocycles. The molecule has 0 saturated heterocycles. The Morgan fingerprint density at radius 2 is 1.17 bits per heavy atom. The van der Waals surface area contributed by atoms with E-state index >= 15 is 0 Å². The summed E-state index contributed by atoms with van der Waals surface area (Å²) in [5, 5.41) is 2.63. The summed E-state index contributed by atoms with van der Waals surface area (Å²) in [6, 6.07) is 0. The summed E-state index contributed by atoms with van der Waals surface area (Å²) in [4.78, 5) is 11.0. The molecule has 2 nitrogen and oxygen atoms in total. The van der Waals surface area contributed by atoms with E-state index in [9.17, 15) is 4.79 Å². The van der Waals surface area contributed by atoms with Crippen LogP contribution in [0.25, 0.3) is 0 Å². The molecule has 0 saturated carbocycles. The zero-order chi connectivity index (χ0) is 17.0. The maximum Gasteiger partial charge on any atom is 0.219 e. The molecule has 0 aromatic rings. The molecule has 1 N–H and O–H groups in total. The molecule has 1 amide bonds. The lowest BCUT2D eigenvalue weighted by Gasteiger charge is -1.95. The van der Waals surface area contributed by atoms with E-state index < -0.39 is 0 Å². The fraction of sp³-hybridized carbons (Fsp3) is 0.476. The molecule has 0 unspecified atom stereocenters. The van der Waals surface area contributed by atoms with E-state index in [0.29, 0.717) is 6.42 Å². The van der Waals surface area contributed by atoms with Crippen molar-refractivity contribution in [2.45, 2.75) is 58.3 Å². The predicted octanol–water partition coefficient (Wildman–Crippen LogP) is 5.65. The molecule has 0 aliphatic rings. The number of allylic oxidation sites excluding steroid dienone is 10. The van der Waals surface area contributed by atoms with Gasteiger partial charge in [-0.05, 0) is 44.9 Å².